The summed E-state index contributed by atoms with van der Waals surface area (Å²) in [4.78, 5) is 14.2. The zero-order valence-electron chi connectivity index (χ0n) is 24.5. The Morgan fingerprint density at radius 3 is 2.49 bits per heavy atom. The quantitative estimate of drug-likeness (QED) is 0.290. The van der Waals surface area contributed by atoms with Gasteiger partial charge in [0.25, 0.3) is 0 Å². The lowest BCUT2D eigenvalue weighted by Gasteiger charge is -2.56. The second-order valence-corrected chi connectivity index (χ2v) is 12.4. The van der Waals surface area contributed by atoms with Gasteiger partial charge in [0.05, 0.1) is 43.3 Å². The molecule has 5 fully saturated rings. The molecule has 4 aromatic heterocycles. The summed E-state index contributed by atoms with van der Waals surface area (Å²) >= 11 is 0. The van der Waals surface area contributed by atoms with Gasteiger partial charge < -0.3 is 19.1 Å². The number of aromatic nitrogens is 4. The van der Waals surface area contributed by atoms with Gasteiger partial charge in [-0.1, -0.05) is 6.07 Å². The Morgan fingerprint density at radius 1 is 0.977 bits per heavy atom. The summed E-state index contributed by atoms with van der Waals surface area (Å²) in [5.41, 5.74) is 4.37. The fourth-order valence-electron chi connectivity index (χ4n) is 7.74. The van der Waals surface area contributed by atoms with Crippen LogP contribution in [0.2, 0.25) is 0 Å². The molecule has 10 nitrogen and oxygen atoms in total. The summed E-state index contributed by atoms with van der Waals surface area (Å²) in [5.74, 6) is 4.41. The minimum atomic E-state index is 0.407. The Morgan fingerprint density at radius 2 is 1.81 bits per heavy atom. The minimum absolute atomic E-state index is 0.407. The van der Waals surface area contributed by atoms with Crippen LogP contribution >= 0.6 is 0 Å². The van der Waals surface area contributed by atoms with Crippen molar-refractivity contribution in [2.24, 2.45) is 17.8 Å². The standard InChI is InChI=1S/C33H35N7O3/c1-41-25-8-28-29(9-25)30(28)19-43-26-10-27(33-22(11-34)14-37-40(33)18-26)21-4-5-31(35-13-21)38-16-23-7-24(17-38)39(23)15-20-3-6-32(42-2)36-12-20/h3-6,10,12-14,18,23-25,28-30H,7-9,15-17,19H2,1-2H3. The fraction of sp³-hybridized carbons (Fsp3) is 0.455. The molecule has 2 saturated carbocycles. The van der Waals surface area contributed by atoms with Crippen LogP contribution in [0.1, 0.15) is 30.4 Å². The van der Waals surface area contributed by atoms with Crippen molar-refractivity contribution in [1.29, 1.82) is 5.26 Å². The molecule has 4 aromatic rings. The number of fused-ring (bicyclic) bond motifs is 4. The van der Waals surface area contributed by atoms with Crippen LogP contribution in [0.15, 0.2) is 55.1 Å². The van der Waals surface area contributed by atoms with Gasteiger partial charge in [0.15, 0.2) is 0 Å². The molecule has 0 radical (unpaired) electrons. The van der Waals surface area contributed by atoms with E-state index in [2.05, 4.69) is 44.2 Å². The maximum Gasteiger partial charge on any atom is 0.212 e. The van der Waals surface area contributed by atoms with Crippen molar-refractivity contribution in [2.75, 3.05) is 38.8 Å². The van der Waals surface area contributed by atoms with Crippen molar-refractivity contribution in [3.05, 3.63) is 66.2 Å². The molecule has 0 aromatic carbocycles. The summed E-state index contributed by atoms with van der Waals surface area (Å²) in [6.45, 7) is 3.51. The number of methoxy groups -OCH3 is 2. The monoisotopic (exact) mass is 577 g/mol. The lowest BCUT2D eigenvalue weighted by atomic mass is 9.87. The molecule has 3 saturated heterocycles. The summed E-state index contributed by atoms with van der Waals surface area (Å²) in [6.07, 6.45) is 11.2. The van der Waals surface area contributed by atoms with Gasteiger partial charge in [0.1, 0.15) is 17.6 Å². The van der Waals surface area contributed by atoms with E-state index in [0.717, 1.165) is 60.7 Å². The first-order chi connectivity index (χ1) is 21.1. The van der Waals surface area contributed by atoms with Gasteiger partial charge in [0, 0.05) is 68.4 Å². The second kappa shape index (κ2) is 10.5. The van der Waals surface area contributed by atoms with E-state index in [-0.39, 0.29) is 0 Å². The van der Waals surface area contributed by atoms with E-state index in [1.165, 1.54) is 12.0 Å². The van der Waals surface area contributed by atoms with Crippen molar-refractivity contribution >= 4 is 11.3 Å². The molecular weight excluding hydrogens is 542 g/mol. The van der Waals surface area contributed by atoms with Crippen molar-refractivity contribution in [1.82, 2.24) is 24.5 Å². The van der Waals surface area contributed by atoms with Crippen LogP contribution in [0.4, 0.5) is 5.82 Å². The zero-order chi connectivity index (χ0) is 29.1. The molecule has 4 atom stereocenters. The van der Waals surface area contributed by atoms with Crippen LogP contribution in [0, 0.1) is 29.1 Å². The van der Waals surface area contributed by atoms with Gasteiger partial charge in [-0.3, -0.25) is 4.90 Å². The number of piperidine rings is 1. The first-order valence-electron chi connectivity index (χ1n) is 15.1. The van der Waals surface area contributed by atoms with Crippen LogP contribution in [-0.2, 0) is 11.3 Å². The molecule has 10 heteroatoms. The first-order valence-corrected chi connectivity index (χ1v) is 15.1. The van der Waals surface area contributed by atoms with Gasteiger partial charge in [-0.15, -0.1) is 0 Å². The van der Waals surface area contributed by atoms with Crippen LogP contribution in [0.5, 0.6) is 11.6 Å². The number of rotatable bonds is 9. The number of hydrogen-bond acceptors (Lipinski definition) is 9. The highest BCUT2D eigenvalue weighted by Crippen LogP contribution is 2.58. The van der Waals surface area contributed by atoms with E-state index >= 15 is 0 Å². The summed E-state index contributed by atoms with van der Waals surface area (Å²) in [5, 5.41) is 14.2. The number of nitriles is 1. The SMILES string of the molecule is COc1ccc(CN2C3CC2CN(c2ccc(-c4cc(OCC5C6CC(OC)CC56)cn5ncc(C#N)c45)cn2)C3)cn1. The third-order valence-electron chi connectivity index (χ3n) is 10.2. The smallest absolute Gasteiger partial charge is 0.212 e. The van der Waals surface area contributed by atoms with Gasteiger partial charge in [-0.2, -0.15) is 10.4 Å². The molecule has 9 rings (SSSR count). The molecule has 0 amide bonds. The predicted octanol–water partition coefficient (Wildman–Crippen LogP) is 4.18. The topological polar surface area (TPSA) is 101 Å². The summed E-state index contributed by atoms with van der Waals surface area (Å²) in [6, 6.07) is 13.6. The highest BCUT2D eigenvalue weighted by Gasteiger charge is 2.56. The highest BCUT2D eigenvalue weighted by atomic mass is 16.5. The van der Waals surface area contributed by atoms with Gasteiger partial charge in [0.2, 0.25) is 5.88 Å². The Balaban J connectivity index is 0.967. The third kappa shape index (κ3) is 4.67. The maximum absolute atomic E-state index is 9.78. The number of piperazine rings is 1. The molecule has 43 heavy (non-hydrogen) atoms. The van der Waals surface area contributed by atoms with E-state index in [0.29, 0.717) is 54.0 Å². The van der Waals surface area contributed by atoms with E-state index in [1.807, 2.05) is 37.8 Å². The molecule has 2 aliphatic carbocycles. The minimum Gasteiger partial charge on any atom is -0.492 e. The van der Waals surface area contributed by atoms with Crippen molar-refractivity contribution in [3.8, 4) is 28.8 Å². The molecule has 0 N–H and O–H groups in total. The van der Waals surface area contributed by atoms with Crippen molar-refractivity contribution in [3.63, 3.8) is 0 Å². The summed E-state index contributed by atoms with van der Waals surface area (Å²) < 4.78 is 18.8. The normalized spacial score (nSPS) is 27.4. The van der Waals surface area contributed by atoms with Crippen LogP contribution in [-0.4, -0.2) is 76.6 Å². The lowest BCUT2D eigenvalue weighted by Crippen LogP contribution is -2.68. The molecule has 4 unspecified atom stereocenters. The average Bonchev–Trinajstić information content (AvgIpc) is 3.35. The largest absolute Gasteiger partial charge is 0.492 e. The van der Waals surface area contributed by atoms with E-state index in [1.54, 1.807) is 17.8 Å². The Labute approximate surface area is 250 Å². The summed E-state index contributed by atoms with van der Waals surface area (Å²) in [7, 11) is 3.45. The van der Waals surface area contributed by atoms with E-state index in [4.69, 9.17) is 19.2 Å². The van der Waals surface area contributed by atoms with Crippen molar-refractivity contribution < 1.29 is 14.2 Å². The number of anilines is 1. The number of hydrogen-bond donors (Lipinski definition) is 0. The molecule has 2 bridgehead atoms. The zero-order valence-corrected chi connectivity index (χ0v) is 24.5. The van der Waals surface area contributed by atoms with Crippen LogP contribution < -0.4 is 14.4 Å². The van der Waals surface area contributed by atoms with Crippen LogP contribution in [0.25, 0.3) is 16.6 Å². The van der Waals surface area contributed by atoms with Gasteiger partial charge in [-0.05, 0) is 60.8 Å². The molecule has 5 aliphatic rings. The van der Waals surface area contributed by atoms with Crippen molar-refractivity contribution in [2.45, 2.75) is 44.0 Å². The molecule has 7 heterocycles. The fourth-order valence-corrected chi connectivity index (χ4v) is 7.74. The average molecular weight is 578 g/mol. The van der Waals surface area contributed by atoms with Crippen LogP contribution in [0.3, 0.4) is 0 Å². The highest BCUT2D eigenvalue weighted by molar-refractivity contribution is 5.85. The molecular formula is C33H35N7O3. The predicted molar refractivity (Wildman–Crippen MR) is 160 cm³/mol. The van der Waals surface area contributed by atoms with E-state index in [9.17, 15) is 5.26 Å². The number of pyridine rings is 3. The Bertz CT molecular complexity index is 1660. The third-order valence-corrected chi connectivity index (χ3v) is 10.2. The lowest BCUT2D eigenvalue weighted by molar-refractivity contribution is -0.00876. The second-order valence-electron chi connectivity index (χ2n) is 12.4. The molecule has 0 spiro atoms. The number of ether oxygens (including phenoxy) is 3. The number of nitrogens with zero attached hydrogens (tertiary/aromatic N) is 7. The maximum atomic E-state index is 9.78. The Hall–Kier alpha value is -4.20. The van der Waals surface area contributed by atoms with Gasteiger partial charge >= 0.3 is 0 Å². The molecule has 220 valence electrons. The molecule has 3 aliphatic heterocycles. The van der Waals surface area contributed by atoms with E-state index < -0.39 is 0 Å². The first kappa shape index (κ1) is 26.4. The van der Waals surface area contributed by atoms with Gasteiger partial charge in [-0.25, -0.2) is 14.5 Å². The Kier molecular flexibility index (Phi) is 6.46.